The first kappa shape index (κ1) is 17.7. The molecule has 0 aliphatic heterocycles. The number of hydrogen-bond acceptors (Lipinski definition) is 3. The third kappa shape index (κ3) is 3.46. The van der Waals surface area contributed by atoms with Gasteiger partial charge in [-0.05, 0) is 30.5 Å². The van der Waals surface area contributed by atoms with E-state index in [1.54, 1.807) is 0 Å². The molecule has 1 aromatic carbocycles. The molecule has 0 aromatic heterocycles. The number of aliphatic hydroxyl groups is 1. The van der Waals surface area contributed by atoms with E-state index in [0.29, 0.717) is 18.4 Å². The molecule has 0 saturated heterocycles. The Labute approximate surface area is 130 Å². The predicted molar refractivity (Wildman–Crippen MR) is 81.7 cm³/mol. The first-order chi connectivity index (χ1) is 9.29. The van der Waals surface area contributed by atoms with Crippen molar-refractivity contribution in [3.05, 3.63) is 27.7 Å². The Morgan fingerprint density at radius 2 is 1.75 bits per heavy atom. The zero-order valence-electron chi connectivity index (χ0n) is 11.7. The minimum absolute atomic E-state index is 0.0259. The Morgan fingerprint density at radius 1 is 1.20 bits per heavy atom. The molecule has 0 unspecified atom stereocenters. The Hall–Kier alpha value is -0.330. The average molecular weight is 340 g/mol. The van der Waals surface area contributed by atoms with E-state index in [9.17, 15) is 13.5 Å². The van der Waals surface area contributed by atoms with Crippen molar-refractivity contribution in [2.45, 2.75) is 44.2 Å². The quantitative estimate of drug-likeness (QED) is 0.864. The zero-order chi connectivity index (χ0) is 15.5. The third-order valence-electron chi connectivity index (χ3n) is 3.39. The van der Waals surface area contributed by atoms with Gasteiger partial charge in [-0.2, -0.15) is 4.31 Å². The number of nitrogens with zero attached hydrogens (tertiary/aromatic N) is 1. The molecule has 0 heterocycles. The largest absolute Gasteiger partial charge is 0.392 e. The lowest BCUT2D eigenvalue weighted by Gasteiger charge is -2.26. The van der Waals surface area contributed by atoms with Crippen molar-refractivity contribution >= 4 is 33.2 Å². The maximum atomic E-state index is 12.6. The second-order valence-corrected chi connectivity index (χ2v) is 7.30. The summed E-state index contributed by atoms with van der Waals surface area (Å²) >= 11 is 11.9. The second-order valence-electron chi connectivity index (χ2n) is 4.52. The van der Waals surface area contributed by atoms with Gasteiger partial charge in [0.25, 0.3) is 0 Å². The summed E-state index contributed by atoms with van der Waals surface area (Å²) in [5.41, 5.74) is 0.340. The molecule has 0 amide bonds. The number of benzene rings is 1. The van der Waals surface area contributed by atoms with Crippen LogP contribution in [0.4, 0.5) is 0 Å². The molecule has 0 aliphatic rings. The van der Waals surface area contributed by atoms with E-state index in [4.69, 9.17) is 23.2 Å². The number of aliphatic hydroxyl groups excluding tert-OH is 1. The van der Waals surface area contributed by atoms with E-state index < -0.39 is 10.0 Å². The molecule has 4 nitrogen and oxygen atoms in total. The molecule has 0 saturated carbocycles. The minimum Gasteiger partial charge on any atom is -0.392 e. The van der Waals surface area contributed by atoms with Crippen molar-refractivity contribution in [2.75, 3.05) is 7.05 Å². The van der Waals surface area contributed by atoms with Crippen LogP contribution in [-0.4, -0.2) is 30.9 Å². The van der Waals surface area contributed by atoms with Gasteiger partial charge < -0.3 is 5.11 Å². The van der Waals surface area contributed by atoms with Gasteiger partial charge in [0.2, 0.25) is 10.0 Å². The molecule has 0 aliphatic carbocycles. The molecule has 1 aromatic rings. The number of rotatable bonds is 6. The van der Waals surface area contributed by atoms with Gasteiger partial charge in [0, 0.05) is 18.1 Å². The van der Waals surface area contributed by atoms with Crippen LogP contribution in [0.25, 0.3) is 0 Å². The first-order valence-electron chi connectivity index (χ1n) is 6.36. The maximum Gasteiger partial charge on any atom is 0.244 e. The molecule has 0 atom stereocenters. The number of halogens is 2. The molecule has 20 heavy (non-hydrogen) atoms. The maximum absolute atomic E-state index is 12.6. The Kier molecular flexibility index (Phi) is 6.28. The highest BCUT2D eigenvalue weighted by molar-refractivity contribution is 7.89. The van der Waals surface area contributed by atoms with Crippen LogP contribution in [0, 0.1) is 0 Å². The van der Waals surface area contributed by atoms with Gasteiger partial charge in [0.1, 0.15) is 4.90 Å². The molecular weight excluding hydrogens is 321 g/mol. The normalized spacial score (nSPS) is 12.4. The van der Waals surface area contributed by atoms with Crippen molar-refractivity contribution in [1.82, 2.24) is 4.31 Å². The predicted octanol–water partition coefficient (Wildman–Crippen LogP) is 3.29. The fourth-order valence-corrected chi connectivity index (χ4v) is 4.38. The Bertz CT molecular complexity index is 571. The SMILES string of the molecule is CCC(CC)N(C)S(=O)(=O)c1cc(CO)c(Cl)cc1Cl. The van der Waals surface area contributed by atoms with Crippen LogP contribution in [0.3, 0.4) is 0 Å². The van der Waals surface area contributed by atoms with Gasteiger partial charge in [0.15, 0.2) is 0 Å². The van der Waals surface area contributed by atoms with E-state index in [0.717, 1.165) is 0 Å². The Morgan fingerprint density at radius 3 is 2.20 bits per heavy atom. The molecular formula is C13H19Cl2NO3S. The van der Waals surface area contributed by atoms with Crippen molar-refractivity contribution in [2.24, 2.45) is 0 Å². The van der Waals surface area contributed by atoms with Crippen LogP contribution in [-0.2, 0) is 16.6 Å². The minimum atomic E-state index is -3.71. The standard InChI is InChI=1S/C13H19Cl2NO3S/c1-4-10(5-2)16(3)20(18,19)13-6-9(8-17)11(14)7-12(13)15/h6-7,10,17H,4-5,8H2,1-3H3. The van der Waals surface area contributed by atoms with Crippen molar-refractivity contribution in [1.29, 1.82) is 0 Å². The Balaban J connectivity index is 3.35. The van der Waals surface area contributed by atoms with Crippen LogP contribution >= 0.6 is 23.2 Å². The smallest absolute Gasteiger partial charge is 0.244 e. The van der Waals surface area contributed by atoms with Crippen LogP contribution in [0.15, 0.2) is 17.0 Å². The molecule has 1 rings (SSSR count). The van der Waals surface area contributed by atoms with Crippen LogP contribution < -0.4 is 0 Å². The lowest BCUT2D eigenvalue weighted by Crippen LogP contribution is -2.36. The monoisotopic (exact) mass is 339 g/mol. The number of sulfonamides is 1. The molecule has 0 bridgehead atoms. The zero-order valence-corrected chi connectivity index (χ0v) is 14.1. The van der Waals surface area contributed by atoms with Gasteiger partial charge >= 0.3 is 0 Å². The molecule has 7 heteroatoms. The fraction of sp³-hybridized carbons (Fsp3) is 0.538. The topological polar surface area (TPSA) is 57.6 Å². The molecule has 0 radical (unpaired) electrons. The summed E-state index contributed by atoms with van der Waals surface area (Å²) in [4.78, 5) is -0.0259. The molecule has 1 N–H and O–H groups in total. The highest BCUT2D eigenvalue weighted by Gasteiger charge is 2.28. The van der Waals surface area contributed by atoms with E-state index in [-0.39, 0.29) is 27.6 Å². The molecule has 0 fully saturated rings. The van der Waals surface area contributed by atoms with E-state index in [1.807, 2.05) is 13.8 Å². The lowest BCUT2D eigenvalue weighted by atomic mass is 10.2. The van der Waals surface area contributed by atoms with Gasteiger partial charge in [-0.3, -0.25) is 0 Å². The molecule has 114 valence electrons. The van der Waals surface area contributed by atoms with Gasteiger partial charge in [-0.25, -0.2) is 8.42 Å². The number of hydrogen-bond donors (Lipinski definition) is 1. The summed E-state index contributed by atoms with van der Waals surface area (Å²) in [6.45, 7) is 3.53. The second kappa shape index (κ2) is 7.09. The summed E-state index contributed by atoms with van der Waals surface area (Å²) in [6, 6.07) is 2.59. The van der Waals surface area contributed by atoms with Crippen molar-refractivity contribution < 1.29 is 13.5 Å². The summed E-state index contributed by atoms with van der Waals surface area (Å²) in [6.07, 6.45) is 1.43. The van der Waals surface area contributed by atoms with E-state index >= 15 is 0 Å². The summed E-state index contributed by atoms with van der Waals surface area (Å²) < 4.78 is 26.5. The van der Waals surface area contributed by atoms with Crippen LogP contribution in [0.5, 0.6) is 0 Å². The van der Waals surface area contributed by atoms with Crippen LogP contribution in [0.1, 0.15) is 32.3 Å². The van der Waals surface area contributed by atoms with Crippen molar-refractivity contribution in [3.8, 4) is 0 Å². The third-order valence-corrected chi connectivity index (χ3v) is 6.11. The van der Waals surface area contributed by atoms with Gasteiger partial charge in [0.05, 0.1) is 11.6 Å². The summed E-state index contributed by atoms with van der Waals surface area (Å²) in [7, 11) is -2.17. The first-order valence-corrected chi connectivity index (χ1v) is 8.55. The van der Waals surface area contributed by atoms with Gasteiger partial charge in [-0.15, -0.1) is 0 Å². The van der Waals surface area contributed by atoms with Crippen molar-refractivity contribution in [3.63, 3.8) is 0 Å². The summed E-state index contributed by atoms with van der Waals surface area (Å²) in [5.74, 6) is 0. The highest BCUT2D eigenvalue weighted by Crippen LogP contribution is 2.31. The van der Waals surface area contributed by atoms with Gasteiger partial charge in [-0.1, -0.05) is 37.0 Å². The highest BCUT2D eigenvalue weighted by atomic mass is 35.5. The summed E-state index contributed by atoms with van der Waals surface area (Å²) in [5, 5.41) is 9.52. The molecule has 0 spiro atoms. The lowest BCUT2D eigenvalue weighted by molar-refractivity contribution is 0.281. The fourth-order valence-electron chi connectivity index (χ4n) is 2.04. The van der Waals surface area contributed by atoms with Crippen LogP contribution in [0.2, 0.25) is 10.0 Å². The average Bonchev–Trinajstić information content (AvgIpc) is 2.39. The van der Waals surface area contributed by atoms with E-state index in [2.05, 4.69) is 0 Å². The van der Waals surface area contributed by atoms with E-state index in [1.165, 1.54) is 23.5 Å².